The molecule has 6 nitrogen and oxygen atoms in total. The molecule has 0 atom stereocenters. The number of hydrogen-bond acceptors (Lipinski definition) is 5. The molecule has 0 fully saturated rings. The fourth-order valence-electron chi connectivity index (χ4n) is 2.48. The van der Waals surface area contributed by atoms with Crippen LogP contribution in [0, 0.1) is 11.6 Å². The highest BCUT2D eigenvalue weighted by atomic mass is 19.1. The molecule has 1 amide bonds. The molecule has 0 bridgehead atoms. The summed E-state index contributed by atoms with van der Waals surface area (Å²) in [5, 5.41) is 5.27. The summed E-state index contributed by atoms with van der Waals surface area (Å²) < 4.78 is 38.0. The Labute approximate surface area is 160 Å². The number of nitrogens with zero attached hydrogens (tertiary/aromatic N) is 1. The lowest BCUT2D eigenvalue weighted by atomic mass is 10.2. The van der Waals surface area contributed by atoms with Gasteiger partial charge in [-0.25, -0.2) is 13.8 Å². The molecular formula is C20H17F2N3O3. The van der Waals surface area contributed by atoms with Crippen LogP contribution in [0.4, 0.5) is 26.0 Å². The number of anilines is 3. The van der Waals surface area contributed by atoms with Crippen LogP contribution in [0.15, 0.2) is 54.7 Å². The Morgan fingerprint density at radius 1 is 1.00 bits per heavy atom. The average molecular weight is 385 g/mol. The quantitative estimate of drug-likeness (QED) is 0.659. The summed E-state index contributed by atoms with van der Waals surface area (Å²) in [6.07, 6.45) is 1.36. The number of carbonyl (C=O) groups excluding carboxylic acids is 1. The first-order valence-corrected chi connectivity index (χ1v) is 8.22. The van der Waals surface area contributed by atoms with Crippen molar-refractivity contribution >= 4 is 23.1 Å². The number of benzene rings is 2. The van der Waals surface area contributed by atoms with Crippen LogP contribution in [0.1, 0.15) is 10.4 Å². The minimum atomic E-state index is -0.764. The van der Waals surface area contributed by atoms with Gasteiger partial charge >= 0.3 is 0 Å². The third-order valence-corrected chi connectivity index (χ3v) is 3.89. The molecule has 0 saturated carbocycles. The monoisotopic (exact) mass is 385 g/mol. The van der Waals surface area contributed by atoms with Crippen molar-refractivity contribution in [2.75, 3.05) is 24.9 Å². The average Bonchev–Trinajstić information content (AvgIpc) is 2.71. The van der Waals surface area contributed by atoms with Gasteiger partial charge in [0, 0.05) is 17.8 Å². The van der Waals surface area contributed by atoms with Gasteiger partial charge in [-0.1, -0.05) is 6.07 Å². The number of nitrogens with one attached hydrogen (secondary N) is 2. The molecule has 1 heterocycles. The normalized spacial score (nSPS) is 10.3. The Balaban J connectivity index is 1.81. The molecule has 2 aromatic carbocycles. The lowest BCUT2D eigenvalue weighted by Crippen LogP contribution is -2.13. The Hall–Kier alpha value is -3.68. The van der Waals surface area contributed by atoms with Crippen molar-refractivity contribution in [1.29, 1.82) is 0 Å². The van der Waals surface area contributed by atoms with Crippen molar-refractivity contribution in [2.45, 2.75) is 0 Å². The first kappa shape index (κ1) is 19.1. The number of pyridine rings is 1. The van der Waals surface area contributed by atoms with E-state index in [9.17, 15) is 13.6 Å². The highest BCUT2D eigenvalue weighted by Crippen LogP contribution is 2.29. The van der Waals surface area contributed by atoms with Gasteiger partial charge in [0.2, 0.25) is 0 Å². The predicted octanol–water partition coefficient (Wildman–Crippen LogP) is 4.37. The Kier molecular flexibility index (Phi) is 5.69. The van der Waals surface area contributed by atoms with Crippen LogP contribution in [-0.4, -0.2) is 25.1 Å². The van der Waals surface area contributed by atoms with Gasteiger partial charge in [0.05, 0.1) is 19.9 Å². The summed E-state index contributed by atoms with van der Waals surface area (Å²) in [7, 11) is 3.00. The second-order valence-electron chi connectivity index (χ2n) is 5.67. The van der Waals surface area contributed by atoms with Crippen LogP contribution in [0.3, 0.4) is 0 Å². The van der Waals surface area contributed by atoms with Crippen LogP contribution < -0.4 is 20.1 Å². The molecular weight excluding hydrogens is 368 g/mol. The summed E-state index contributed by atoms with van der Waals surface area (Å²) in [5.41, 5.74) is 0.344. The highest BCUT2D eigenvalue weighted by Gasteiger charge is 2.13. The zero-order valence-corrected chi connectivity index (χ0v) is 15.1. The number of halogens is 2. The number of carbonyl (C=O) groups is 1. The van der Waals surface area contributed by atoms with Crippen LogP contribution in [0.2, 0.25) is 0 Å². The Bertz CT molecular complexity index is 991. The van der Waals surface area contributed by atoms with Gasteiger partial charge in [0.25, 0.3) is 5.91 Å². The molecule has 0 saturated heterocycles. The molecule has 2 N–H and O–H groups in total. The molecule has 144 valence electrons. The minimum Gasteiger partial charge on any atom is -0.497 e. The molecule has 8 heteroatoms. The van der Waals surface area contributed by atoms with Crippen LogP contribution in [0.5, 0.6) is 11.5 Å². The first-order chi connectivity index (χ1) is 13.5. The zero-order valence-electron chi connectivity index (χ0n) is 15.1. The second kappa shape index (κ2) is 8.34. The van der Waals surface area contributed by atoms with E-state index in [4.69, 9.17) is 9.47 Å². The molecule has 28 heavy (non-hydrogen) atoms. The van der Waals surface area contributed by atoms with Crippen molar-refractivity contribution in [3.63, 3.8) is 0 Å². The van der Waals surface area contributed by atoms with E-state index in [1.807, 2.05) is 0 Å². The van der Waals surface area contributed by atoms with Gasteiger partial charge in [-0.05, 0) is 36.4 Å². The highest BCUT2D eigenvalue weighted by molar-refractivity contribution is 6.05. The van der Waals surface area contributed by atoms with Crippen LogP contribution in [0.25, 0.3) is 0 Å². The topological polar surface area (TPSA) is 72.5 Å². The molecule has 0 aliphatic heterocycles. The number of aromatic nitrogens is 1. The number of amides is 1. The molecule has 0 radical (unpaired) electrons. The third kappa shape index (κ3) is 4.17. The largest absolute Gasteiger partial charge is 0.497 e. The summed E-state index contributed by atoms with van der Waals surface area (Å²) in [6, 6.07) is 11.3. The van der Waals surface area contributed by atoms with E-state index < -0.39 is 17.5 Å². The minimum absolute atomic E-state index is 0.123. The van der Waals surface area contributed by atoms with Crippen molar-refractivity contribution in [3.8, 4) is 11.5 Å². The number of para-hydroxylation sites is 1. The molecule has 0 unspecified atom stereocenters. The van der Waals surface area contributed by atoms with Gasteiger partial charge in [0.15, 0.2) is 0 Å². The predicted molar refractivity (Wildman–Crippen MR) is 101 cm³/mol. The van der Waals surface area contributed by atoms with E-state index in [1.165, 1.54) is 38.6 Å². The maximum absolute atomic E-state index is 13.8. The first-order valence-electron chi connectivity index (χ1n) is 8.22. The maximum Gasteiger partial charge on any atom is 0.255 e. The molecule has 0 aliphatic carbocycles. The van der Waals surface area contributed by atoms with Crippen molar-refractivity contribution in [1.82, 2.24) is 4.98 Å². The Morgan fingerprint density at radius 2 is 1.75 bits per heavy atom. The van der Waals surface area contributed by atoms with Crippen LogP contribution >= 0.6 is 0 Å². The smallest absolute Gasteiger partial charge is 0.255 e. The molecule has 3 rings (SSSR count). The van der Waals surface area contributed by atoms with Crippen molar-refractivity contribution < 1.29 is 23.0 Å². The van der Waals surface area contributed by atoms with E-state index in [0.717, 1.165) is 12.1 Å². The van der Waals surface area contributed by atoms with Gasteiger partial charge in [0.1, 0.15) is 34.6 Å². The lowest BCUT2D eigenvalue weighted by molar-refractivity contribution is 0.102. The van der Waals surface area contributed by atoms with E-state index >= 15 is 0 Å². The van der Waals surface area contributed by atoms with Gasteiger partial charge < -0.3 is 20.1 Å². The summed E-state index contributed by atoms with van der Waals surface area (Å²) in [4.78, 5) is 16.6. The van der Waals surface area contributed by atoms with E-state index in [1.54, 1.807) is 18.2 Å². The zero-order chi connectivity index (χ0) is 20.1. The molecule has 3 aromatic rings. The van der Waals surface area contributed by atoms with Gasteiger partial charge in [-0.3, -0.25) is 4.79 Å². The molecule has 1 aromatic heterocycles. The van der Waals surface area contributed by atoms with E-state index in [2.05, 4.69) is 15.6 Å². The Morgan fingerprint density at radius 3 is 2.43 bits per heavy atom. The second-order valence-corrected chi connectivity index (χ2v) is 5.67. The number of methoxy groups -OCH3 is 2. The lowest BCUT2D eigenvalue weighted by Gasteiger charge is -2.12. The SMILES string of the molecule is COc1ccc(NC(=O)c2ccnc(Nc3c(F)cccc3F)c2)c(OC)c1. The fourth-order valence-corrected chi connectivity index (χ4v) is 2.48. The summed E-state index contributed by atoms with van der Waals surface area (Å²) in [6.45, 7) is 0. The number of hydrogen-bond donors (Lipinski definition) is 2. The van der Waals surface area contributed by atoms with Gasteiger partial charge in [-0.15, -0.1) is 0 Å². The summed E-state index contributed by atoms with van der Waals surface area (Å²) >= 11 is 0. The van der Waals surface area contributed by atoms with Gasteiger partial charge in [-0.2, -0.15) is 0 Å². The summed E-state index contributed by atoms with van der Waals surface area (Å²) in [5.74, 6) is -0.841. The van der Waals surface area contributed by atoms with Crippen LogP contribution in [-0.2, 0) is 0 Å². The molecule has 0 spiro atoms. The number of rotatable bonds is 6. The third-order valence-electron chi connectivity index (χ3n) is 3.89. The van der Waals surface area contributed by atoms with Crippen molar-refractivity contribution in [2.24, 2.45) is 0 Å². The number of ether oxygens (including phenoxy) is 2. The van der Waals surface area contributed by atoms with E-state index in [-0.39, 0.29) is 17.1 Å². The fraction of sp³-hybridized carbons (Fsp3) is 0.100. The maximum atomic E-state index is 13.8. The molecule has 0 aliphatic rings. The van der Waals surface area contributed by atoms with Crippen molar-refractivity contribution in [3.05, 3.63) is 71.9 Å². The van der Waals surface area contributed by atoms with E-state index in [0.29, 0.717) is 17.2 Å². The standard InChI is InChI=1S/C20H17F2N3O3/c1-27-13-6-7-16(17(11-13)28-2)24-20(26)12-8-9-23-18(10-12)25-19-14(21)4-3-5-15(19)22/h3-11H,1-2H3,(H,23,25)(H,24,26).